The summed E-state index contributed by atoms with van der Waals surface area (Å²) >= 11 is 0. The van der Waals surface area contributed by atoms with Gasteiger partial charge in [0.15, 0.2) is 6.61 Å². The van der Waals surface area contributed by atoms with Crippen molar-refractivity contribution in [3.05, 3.63) is 29.8 Å². The number of amides is 2. The fraction of sp³-hybridized carbons (Fsp3) is 0.556. The molecule has 0 radical (unpaired) electrons. The van der Waals surface area contributed by atoms with Crippen molar-refractivity contribution < 1.29 is 27.5 Å². The lowest BCUT2D eigenvalue weighted by Gasteiger charge is -2.38. The molecule has 1 aromatic carbocycles. The summed E-state index contributed by atoms with van der Waals surface area (Å²) in [4.78, 5) is 25.8. The number of nitrogens with zero attached hydrogens (tertiary/aromatic N) is 1. The Morgan fingerprint density at radius 3 is 2.27 bits per heavy atom. The first-order valence-electron chi connectivity index (χ1n) is 8.56. The van der Waals surface area contributed by atoms with E-state index in [0.717, 1.165) is 19.3 Å². The SMILES string of the molecule is CC1CCCC(C)N1C(=O)COc1ccc(C(=O)NCC(F)(F)F)cc1. The lowest BCUT2D eigenvalue weighted by atomic mass is 9.97. The van der Waals surface area contributed by atoms with E-state index in [-0.39, 0.29) is 30.2 Å². The van der Waals surface area contributed by atoms with Gasteiger partial charge in [0.2, 0.25) is 0 Å². The fourth-order valence-corrected chi connectivity index (χ4v) is 3.12. The Balaban J connectivity index is 1.87. The van der Waals surface area contributed by atoms with Crippen molar-refractivity contribution in [3.8, 4) is 5.75 Å². The van der Waals surface area contributed by atoms with E-state index in [1.807, 2.05) is 18.7 Å². The predicted molar refractivity (Wildman–Crippen MR) is 89.9 cm³/mol. The van der Waals surface area contributed by atoms with Crippen LogP contribution in [0.25, 0.3) is 0 Å². The topological polar surface area (TPSA) is 58.6 Å². The van der Waals surface area contributed by atoms with Crippen molar-refractivity contribution in [1.29, 1.82) is 0 Å². The first kappa shape index (κ1) is 20.1. The van der Waals surface area contributed by atoms with Crippen LogP contribution in [0, 0.1) is 0 Å². The van der Waals surface area contributed by atoms with Gasteiger partial charge in [-0.3, -0.25) is 9.59 Å². The van der Waals surface area contributed by atoms with Gasteiger partial charge in [-0.2, -0.15) is 13.2 Å². The number of nitrogens with one attached hydrogen (secondary N) is 1. The van der Waals surface area contributed by atoms with E-state index in [1.165, 1.54) is 24.3 Å². The van der Waals surface area contributed by atoms with Gasteiger partial charge in [0.1, 0.15) is 12.3 Å². The summed E-state index contributed by atoms with van der Waals surface area (Å²) in [6, 6.07) is 5.98. The fourth-order valence-electron chi connectivity index (χ4n) is 3.12. The van der Waals surface area contributed by atoms with Crippen molar-refractivity contribution in [2.75, 3.05) is 13.2 Å². The second kappa shape index (κ2) is 8.42. The quantitative estimate of drug-likeness (QED) is 0.864. The van der Waals surface area contributed by atoms with Crippen LogP contribution in [0.5, 0.6) is 5.75 Å². The monoisotopic (exact) mass is 372 g/mol. The molecule has 1 saturated heterocycles. The number of rotatable bonds is 5. The lowest BCUT2D eigenvalue weighted by molar-refractivity contribution is -0.139. The first-order valence-corrected chi connectivity index (χ1v) is 8.56. The summed E-state index contributed by atoms with van der Waals surface area (Å²) in [5.41, 5.74) is 0.0891. The highest BCUT2D eigenvalue weighted by molar-refractivity contribution is 5.94. The maximum atomic E-state index is 12.4. The van der Waals surface area contributed by atoms with E-state index >= 15 is 0 Å². The number of hydrogen-bond acceptors (Lipinski definition) is 3. The van der Waals surface area contributed by atoms with E-state index in [9.17, 15) is 22.8 Å². The maximum absolute atomic E-state index is 12.4. The Bertz CT molecular complexity index is 622. The Morgan fingerprint density at radius 2 is 1.73 bits per heavy atom. The molecule has 2 amide bonds. The number of carbonyl (C=O) groups excluding carboxylic acids is 2. The van der Waals surface area contributed by atoms with Gasteiger partial charge in [-0.25, -0.2) is 0 Å². The van der Waals surface area contributed by atoms with Gasteiger partial charge in [-0.05, 0) is 57.4 Å². The van der Waals surface area contributed by atoms with Crippen LogP contribution in [-0.4, -0.2) is 48.1 Å². The maximum Gasteiger partial charge on any atom is 0.405 e. The lowest BCUT2D eigenvalue weighted by Crippen LogP contribution is -2.49. The number of hydrogen-bond donors (Lipinski definition) is 1. The molecule has 1 aromatic rings. The average molecular weight is 372 g/mol. The molecule has 1 aliphatic heterocycles. The average Bonchev–Trinajstić information content (AvgIpc) is 2.57. The molecule has 1 N–H and O–H groups in total. The standard InChI is InChI=1S/C18H23F3N2O3/c1-12-4-3-5-13(2)23(12)16(24)10-26-15-8-6-14(7-9-15)17(25)22-11-18(19,20)21/h6-9,12-13H,3-5,10-11H2,1-2H3,(H,22,25). The van der Waals surface area contributed by atoms with Crippen LogP contribution >= 0.6 is 0 Å². The number of benzene rings is 1. The highest BCUT2D eigenvalue weighted by Crippen LogP contribution is 2.23. The number of likely N-dealkylation sites (tertiary alicyclic amines) is 1. The Hall–Kier alpha value is -2.25. The molecule has 1 aliphatic rings. The Morgan fingerprint density at radius 1 is 1.15 bits per heavy atom. The smallest absolute Gasteiger partial charge is 0.405 e. The van der Waals surface area contributed by atoms with Gasteiger partial charge in [-0.15, -0.1) is 0 Å². The summed E-state index contributed by atoms with van der Waals surface area (Å²) in [5, 5.41) is 1.80. The third-order valence-corrected chi connectivity index (χ3v) is 4.41. The summed E-state index contributed by atoms with van der Waals surface area (Å²) in [6.45, 7) is 2.53. The zero-order chi connectivity index (χ0) is 19.3. The summed E-state index contributed by atoms with van der Waals surface area (Å²) in [5.74, 6) is -0.541. The summed E-state index contributed by atoms with van der Waals surface area (Å²) < 4.78 is 41.8. The molecular formula is C18H23F3N2O3. The number of alkyl halides is 3. The second-order valence-corrected chi connectivity index (χ2v) is 6.54. The molecule has 2 atom stereocenters. The van der Waals surface area contributed by atoms with Gasteiger partial charge < -0.3 is 15.0 Å². The van der Waals surface area contributed by atoms with Gasteiger partial charge >= 0.3 is 6.18 Å². The highest BCUT2D eigenvalue weighted by Gasteiger charge is 2.29. The minimum atomic E-state index is -4.46. The van der Waals surface area contributed by atoms with Crippen LogP contribution in [-0.2, 0) is 4.79 Å². The number of ether oxygens (including phenoxy) is 1. The Kier molecular flexibility index (Phi) is 6.50. The van der Waals surface area contributed by atoms with Crippen molar-refractivity contribution >= 4 is 11.8 Å². The Labute approximate surface area is 150 Å². The second-order valence-electron chi connectivity index (χ2n) is 6.54. The molecule has 144 valence electrons. The van der Waals surface area contributed by atoms with Gasteiger partial charge in [0.05, 0.1) is 0 Å². The molecule has 0 saturated carbocycles. The van der Waals surface area contributed by atoms with Crippen molar-refractivity contribution in [1.82, 2.24) is 10.2 Å². The van der Waals surface area contributed by atoms with Crippen molar-refractivity contribution in [2.45, 2.75) is 51.4 Å². The van der Waals surface area contributed by atoms with Gasteiger partial charge in [-0.1, -0.05) is 0 Å². The van der Waals surface area contributed by atoms with Crippen molar-refractivity contribution in [3.63, 3.8) is 0 Å². The van der Waals surface area contributed by atoms with E-state index < -0.39 is 18.6 Å². The number of piperidine rings is 1. The van der Waals surface area contributed by atoms with Crippen LogP contribution in [0.15, 0.2) is 24.3 Å². The molecule has 5 nitrogen and oxygen atoms in total. The summed E-state index contributed by atoms with van der Waals surface area (Å²) in [6.07, 6.45) is -1.41. The molecule has 26 heavy (non-hydrogen) atoms. The number of carbonyl (C=O) groups is 2. The van der Waals surface area contributed by atoms with Crippen LogP contribution in [0.4, 0.5) is 13.2 Å². The number of halogens is 3. The van der Waals surface area contributed by atoms with Gasteiger partial charge in [0.25, 0.3) is 11.8 Å². The molecule has 0 aromatic heterocycles. The third-order valence-electron chi connectivity index (χ3n) is 4.41. The zero-order valence-corrected chi connectivity index (χ0v) is 14.8. The van der Waals surface area contributed by atoms with Crippen LogP contribution in [0.1, 0.15) is 43.5 Å². The molecular weight excluding hydrogens is 349 g/mol. The van der Waals surface area contributed by atoms with Crippen molar-refractivity contribution in [2.24, 2.45) is 0 Å². The molecule has 0 spiro atoms. The molecule has 2 rings (SSSR count). The molecule has 8 heteroatoms. The normalized spacial score (nSPS) is 20.6. The third kappa shape index (κ3) is 5.64. The predicted octanol–water partition coefficient (Wildman–Crippen LogP) is 3.15. The minimum Gasteiger partial charge on any atom is -0.484 e. The van der Waals surface area contributed by atoms with E-state index in [2.05, 4.69) is 0 Å². The van der Waals surface area contributed by atoms with Crippen LogP contribution in [0.3, 0.4) is 0 Å². The largest absolute Gasteiger partial charge is 0.484 e. The van der Waals surface area contributed by atoms with E-state index in [4.69, 9.17) is 4.74 Å². The van der Waals surface area contributed by atoms with E-state index in [0.29, 0.717) is 5.75 Å². The molecule has 1 heterocycles. The highest BCUT2D eigenvalue weighted by atomic mass is 19.4. The van der Waals surface area contributed by atoms with E-state index in [1.54, 1.807) is 5.32 Å². The molecule has 2 unspecified atom stereocenters. The zero-order valence-electron chi connectivity index (χ0n) is 14.8. The minimum absolute atomic E-state index is 0.0891. The molecule has 0 bridgehead atoms. The van der Waals surface area contributed by atoms with Crippen LogP contribution in [0.2, 0.25) is 0 Å². The van der Waals surface area contributed by atoms with Gasteiger partial charge in [0, 0.05) is 17.6 Å². The molecule has 1 fully saturated rings. The summed E-state index contributed by atoms with van der Waals surface area (Å²) in [7, 11) is 0. The first-order chi connectivity index (χ1) is 12.2. The van der Waals surface area contributed by atoms with Crippen LogP contribution < -0.4 is 10.1 Å². The molecule has 0 aliphatic carbocycles.